The van der Waals surface area contributed by atoms with Crippen molar-refractivity contribution in [2.75, 3.05) is 13.2 Å². The van der Waals surface area contributed by atoms with E-state index in [4.69, 9.17) is 15.2 Å². The van der Waals surface area contributed by atoms with Gasteiger partial charge in [0.25, 0.3) is 0 Å². The highest BCUT2D eigenvalue weighted by Crippen LogP contribution is 2.20. The van der Waals surface area contributed by atoms with Crippen LogP contribution in [0.4, 0.5) is 0 Å². The Bertz CT molecular complexity index is 494. The van der Waals surface area contributed by atoms with Crippen molar-refractivity contribution in [3.05, 3.63) is 22.5 Å². The van der Waals surface area contributed by atoms with Crippen LogP contribution in [0.25, 0.3) is 0 Å². The number of carbonyl (C=O) groups excluding carboxylic acids is 2. The van der Waals surface area contributed by atoms with Crippen LogP contribution >= 0.6 is 0 Å². The first-order chi connectivity index (χ1) is 9.42. The van der Waals surface area contributed by atoms with Gasteiger partial charge in [-0.1, -0.05) is 0 Å². The number of nitrogens with one attached hydrogen (secondary N) is 1. The van der Waals surface area contributed by atoms with Crippen molar-refractivity contribution in [1.29, 1.82) is 0 Å². The quantitative estimate of drug-likeness (QED) is 0.765. The summed E-state index contributed by atoms with van der Waals surface area (Å²) in [7, 11) is 0. The van der Waals surface area contributed by atoms with Gasteiger partial charge in [-0.3, -0.25) is 4.79 Å². The van der Waals surface area contributed by atoms with Crippen LogP contribution in [0.2, 0.25) is 0 Å². The predicted octanol–water partition coefficient (Wildman–Crippen LogP) is 1.24. The molecule has 0 saturated heterocycles. The number of aryl methyl sites for hydroxylation is 1. The maximum atomic E-state index is 11.9. The molecule has 112 valence electrons. The third kappa shape index (κ3) is 3.60. The molecular formula is C14H22N2O4. The Morgan fingerprint density at radius 3 is 2.35 bits per heavy atom. The molecule has 1 atom stereocenters. The molecule has 3 N–H and O–H groups in total. The second-order valence-corrected chi connectivity index (χ2v) is 4.51. The standard InChI is InChI=1S/C14H22N2O4/c1-5-19-13(17)10(15)7-11-8(3)12(9(4)16-11)14(18)20-6-2/h10,16H,5-7,15H2,1-4H3. The lowest BCUT2D eigenvalue weighted by Gasteiger charge is -2.10. The minimum atomic E-state index is -0.748. The van der Waals surface area contributed by atoms with Gasteiger partial charge in [0, 0.05) is 17.8 Å². The number of ether oxygens (including phenoxy) is 2. The monoisotopic (exact) mass is 282 g/mol. The molecule has 0 saturated carbocycles. The van der Waals surface area contributed by atoms with Gasteiger partial charge in [0.05, 0.1) is 18.8 Å². The molecule has 1 aromatic rings. The number of H-pyrrole nitrogens is 1. The van der Waals surface area contributed by atoms with Crippen molar-refractivity contribution < 1.29 is 19.1 Å². The topological polar surface area (TPSA) is 94.4 Å². The van der Waals surface area contributed by atoms with E-state index in [9.17, 15) is 9.59 Å². The first-order valence-electron chi connectivity index (χ1n) is 6.69. The second-order valence-electron chi connectivity index (χ2n) is 4.51. The van der Waals surface area contributed by atoms with E-state index in [1.165, 1.54) is 0 Å². The number of aromatic amines is 1. The normalized spacial score (nSPS) is 12.1. The van der Waals surface area contributed by atoms with Crippen LogP contribution in [-0.2, 0) is 20.7 Å². The van der Waals surface area contributed by atoms with Crippen LogP contribution in [0.5, 0.6) is 0 Å². The van der Waals surface area contributed by atoms with Crippen LogP contribution in [0.1, 0.15) is 41.2 Å². The Morgan fingerprint density at radius 2 is 1.80 bits per heavy atom. The van der Waals surface area contributed by atoms with Crippen LogP contribution in [0, 0.1) is 13.8 Å². The molecular weight excluding hydrogens is 260 g/mol. The van der Waals surface area contributed by atoms with E-state index in [0.29, 0.717) is 30.9 Å². The van der Waals surface area contributed by atoms with Gasteiger partial charge in [0.2, 0.25) is 0 Å². The largest absolute Gasteiger partial charge is 0.465 e. The molecule has 0 aliphatic heterocycles. The SMILES string of the molecule is CCOC(=O)c1c(C)[nH]c(CC(N)C(=O)OCC)c1C. The second kappa shape index (κ2) is 7.09. The fourth-order valence-corrected chi connectivity index (χ4v) is 2.08. The molecule has 0 radical (unpaired) electrons. The molecule has 1 unspecified atom stereocenters. The Morgan fingerprint density at radius 1 is 1.20 bits per heavy atom. The van der Waals surface area contributed by atoms with Crippen molar-refractivity contribution in [3.8, 4) is 0 Å². The molecule has 1 aromatic heterocycles. The zero-order chi connectivity index (χ0) is 15.3. The maximum absolute atomic E-state index is 11.9. The van der Waals surface area contributed by atoms with Gasteiger partial charge in [-0.25, -0.2) is 4.79 Å². The summed E-state index contributed by atoms with van der Waals surface area (Å²) < 4.78 is 9.88. The molecule has 1 heterocycles. The summed E-state index contributed by atoms with van der Waals surface area (Å²) in [5, 5.41) is 0. The van der Waals surface area contributed by atoms with Gasteiger partial charge in [0.1, 0.15) is 6.04 Å². The summed E-state index contributed by atoms with van der Waals surface area (Å²) in [5.74, 6) is -0.813. The number of hydrogen-bond donors (Lipinski definition) is 2. The zero-order valence-electron chi connectivity index (χ0n) is 12.4. The van der Waals surface area contributed by atoms with Crippen molar-refractivity contribution in [3.63, 3.8) is 0 Å². The van der Waals surface area contributed by atoms with E-state index in [2.05, 4.69) is 4.98 Å². The van der Waals surface area contributed by atoms with Gasteiger partial charge in [-0.05, 0) is 33.3 Å². The van der Waals surface area contributed by atoms with E-state index < -0.39 is 12.0 Å². The van der Waals surface area contributed by atoms with E-state index >= 15 is 0 Å². The first kappa shape index (κ1) is 16.2. The number of nitrogens with two attached hydrogens (primary N) is 1. The van der Waals surface area contributed by atoms with Gasteiger partial charge in [-0.2, -0.15) is 0 Å². The Kier molecular flexibility index (Phi) is 5.76. The molecule has 0 aliphatic rings. The number of hydrogen-bond acceptors (Lipinski definition) is 5. The highest BCUT2D eigenvalue weighted by Gasteiger charge is 2.22. The van der Waals surface area contributed by atoms with Crippen molar-refractivity contribution >= 4 is 11.9 Å². The molecule has 0 aromatic carbocycles. The Labute approximate surface area is 118 Å². The van der Waals surface area contributed by atoms with E-state index in [1.54, 1.807) is 20.8 Å². The molecule has 0 spiro atoms. The lowest BCUT2D eigenvalue weighted by molar-refractivity contribution is -0.144. The molecule has 0 bridgehead atoms. The van der Waals surface area contributed by atoms with E-state index in [1.807, 2.05) is 6.92 Å². The summed E-state index contributed by atoms with van der Waals surface area (Å²) in [6, 6.07) is -0.748. The number of carbonyl (C=O) groups is 2. The summed E-state index contributed by atoms with van der Waals surface area (Å²) in [4.78, 5) is 26.5. The summed E-state index contributed by atoms with van der Waals surface area (Å²) in [6.07, 6.45) is 0.297. The Hall–Kier alpha value is -1.82. The summed E-state index contributed by atoms with van der Waals surface area (Å²) in [6.45, 7) is 7.70. The number of esters is 2. The van der Waals surface area contributed by atoms with E-state index in [0.717, 1.165) is 11.3 Å². The summed E-state index contributed by atoms with van der Waals surface area (Å²) >= 11 is 0. The maximum Gasteiger partial charge on any atom is 0.340 e. The highest BCUT2D eigenvalue weighted by atomic mass is 16.5. The molecule has 1 rings (SSSR count). The van der Waals surface area contributed by atoms with Crippen LogP contribution in [0.3, 0.4) is 0 Å². The first-order valence-corrected chi connectivity index (χ1v) is 6.69. The van der Waals surface area contributed by atoms with Crippen molar-refractivity contribution in [1.82, 2.24) is 4.98 Å². The van der Waals surface area contributed by atoms with Gasteiger partial charge in [0.15, 0.2) is 0 Å². The van der Waals surface area contributed by atoms with E-state index in [-0.39, 0.29) is 5.97 Å². The number of aromatic nitrogens is 1. The molecule has 6 heteroatoms. The lowest BCUT2D eigenvalue weighted by atomic mass is 10.1. The lowest BCUT2D eigenvalue weighted by Crippen LogP contribution is -2.34. The zero-order valence-corrected chi connectivity index (χ0v) is 12.4. The third-order valence-corrected chi connectivity index (χ3v) is 3.03. The van der Waals surface area contributed by atoms with Gasteiger partial charge < -0.3 is 20.2 Å². The average Bonchev–Trinajstić information content (AvgIpc) is 2.65. The fourth-order valence-electron chi connectivity index (χ4n) is 2.08. The average molecular weight is 282 g/mol. The van der Waals surface area contributed by atoms with Crippen LogP contribution in [-0.4, -0.2) is 36.2 Å². The summed E-state index contributed by atoms with van der Waals surface area (Å²) in [5.41, 5.74) is 8.53. The van der Waals surface area contributed by atoms with Crippen molar-refractivity contribution in [2.24, 2.45) is 5.73 Å². The van der Waals surface area contributed by atoms with Gasteiger partial charge in [-0.15, -0.1) is 0 Å². The smallest absolute Gasteiger partial charge is 0.340 e. The highest BCUT2D eigenvalue weighted by molar-refractivity contribution is 5.93. The third-order valence-electron chi connectivity index (χ3n) is 3.03. The molecule has 0 amide bonds. The molecule has 20 heavy (non-hydrogen) atoms. The molecule has 0 fully saturated rings. The number of rotatable bonds is 6. The minimum absolute atomic E-state index is 0.295. The van der Waals surface area contributed by atoms with Gasteiger partial charge >= 0.3 is 11.9 Å². The molecule has 0 aliphatic carbocycles. The Balaban J connectivity index is 2.90. The fraction of sp³-hybridized carbons (Fsp3) is 0.571. The van der Waals surface area contributed by atoms with Crippen LogP contribution < -0.4 is 5.73 Å². The van der Waals surface area contributed by atoms with Crippen LogP contribution in [0.15, 0.2) is 0 Å². The minimum Gasteiger partial charge on any atom is -0.465 e. The predicted molar refractivity (Wildman–Crippen MR) is 74.5 cm³/mol. The van der Waals surface area contributed by atoms with Crippen molar-refractivity contribution in [2.45, 2.75) is 40.2 Å². The molecule has 6 nitrogen and oxygen atoms in total.